The van der Waals surface area contributed by atoms with Crippen LogP contribution in [0.1, 0.15) is 57.8 Å². The third-order valence-electron chi connectivity index (χ3n) is 5.33. The molecule has 6 heteroatoms. The van der Waals surface area contributed by atoms with E-state index in [0.717, 1.165) is 38.8 Å². The molecule has 0 spiro atoms. The average molecular weight is 332 g/mol. The molecule has 0 atom stereocenters. The summed E-state index contributed by atoms with van der Waals surface area (Å²) in [5.41, 5.74) is 11.3. The second-order valence-electron chi connectivity index (χ2n) is 6.94. The number of halogens is 1. The molecule has 1 aliphatic carbocycles. The van der Waals surface area contributed by atoms with Crippen molar-refractivity contribution in [2.75, 3.05) is 19.6 Å². The SMILES string of the molecule is Cl.NCC1(CC(=O)N2CCC(CC(N)=O)CC2)CCCCC1. The van der Waals surface area contributed by atoms with Crippen LogP contribution in [-0.2, 0) is 9.59 Å². The van der Waals surface area contributed by atoms with Crippen LogP contribution < -0.4 is 11.5 Å². The highest BCUT2D eigenvalue weighted by atomic mass is 35.5. The molecule has 2 amide bonds. The van der Waals surface area contributed by atoms with Gasteiger partial charge in [0.2, 0.25) is 11.8 Å². The predicted molar refractivity (Wildman–Crippen MR) is 89.6 cm³/mol. The topological polar surface area (TPSA) is 89.4 Å². The molecule has 0 unspecified atom stereocenters. The Kier molecular flexibility index (Phi) is 7.63. The number of rotatable bonds is 5. The zero-order valence-corrected chi connectivity index (χ0v) is 14.2. The summed E-state index contributed by atoms with van der Waals surface area (Å²) in [5, 5.41) is 0. The number of hydrogen-bond acceptors (Lipinski definition) is 3. The quantitative estimate of drug-likeness (QED) is 0.805. The van der Waals surface area contributed by atoms with Crippen LogP contribution in [0.5, 0.6) is 0 Å². The van der Waals surface area contributed by atoms with Crippen LogP contribution in [0.25, 0.3) is 0 Å². The van der Waals surface area contributed by atoms with E-state index in [1.54, 1.807) is 0 Å². The molecule has 22 heavy (non-hydrogen) atoms. The molecule has 1 aliphatic heterocycles. The summed E-state index contributed by atoms with van der Waals surface area (Å²) in [6.45, 7) is 2.14. The van der Waals surface area contributed by atoms with Gasteiger partial charge in [-0.2, -0.15) is 0 Å². The third kappa shape index (κ3) is 5.13. The number of nitrogens with zero attached hydrogens (tertiary/aromatic N) is 1. The van der Waals surface area contributed by atoms with Crippen molar-refractivity contribution in [3.63, 3.8) is 0 Å². The molecule has 0 aromatic carbocycles. The van der Waals surface area contributed by atoms with E-state index in [1.165, 1.54) is 19.3 Å². The van der Waals surface area contributed by atoms with E-state index in [0.29, 0.717) is 25.3 Å². The first-order valence-electron chi connectivity index (χ1n) is 8.31. The highest BCUT2D eigenvalue weighted by molar-refractivity contribution is 5.85. The molecule has 128 valence electrons. The van der Waals surface area contributed by atoms with Crippen LogP contribution in [0, 0.1) is 11.3 Å². The van der Waals surface area contributed by atoms with Crippen molar-refractivity contribution in [1.29, 1.82) is 0 Å². The van der Waals surface area contributed by atoms with Gasteiger partial charge in [-0.05, 0) is 43.6 Å². The fourth-order valence-electron chi connectivity index (χ4n) is 3.86. The van der Waals surface area contributed by atoms with Gasteiger partial charge in [-0.15, -0.1) is 12.4 Å². The third-order valence-corrected chi connectivity index (χ3v) is 5.33. The fraction of sp³-hybridized carbons (Fsp3) is 0.875. The summed E-state index contributed by atoms with van der Waals surface area (Å²) in [5.74, 6) is 0.369. The molecule has 0 aromatic heterocycles. The van der Waals surface area contributed by atoms with Crippen LogP contribution in [0.15, 0.2) is 0 Å². The molecule has 1 saturated heterocycles. The van der Waals surface area contributed by atoms with E-state index in [2.05, 4.69) is 0 Å². The molecule has 2 rings (SSSR count). The lowest BCUT2D eigenvalue weighted by Crippen LogP contribution is -2.44. The van der Waals surface area contributed by atoms with E-state index in [1.807, 2.05) is 4.90 Å². The maximum Gasteiger partial charge on any atom is 0.223 e. The monoisotopic (exact) mass is 331 g/mol. The summed E-state index contributed by atoms with van der Waals surface area (Å²) < 4.78 is 0. The number of piperidine rings is 1. The number of primary amides is 1. The minimum absolute atomic E-state index is 0. The normalized spacial score (nSPS) is 22.0. The Labute approximate surface area is 139 Å². The van der Waals surface area contributed by atoms with Crippen LogP contribution in [0.4, 0.5) is 0 Å². The zero-order chi connectivity index (χ0) is 15.3. The highest BCUT2D eigenvalue weighted by Crippen LogP contribution is 2.39. The molecule has 5 nitrogen and oxygen atoms in total. The standard InChI is InChI=1S/C16H29N3O2.ClH/c17-12-16(6-2-1-3-7-16)11-15(21)19-8-4-13(5-9-19)10-14(18)20;/h13H,1-12,17H2,(H2,18,20);1H. The Bertz CT molecular complexity index is 376. The first kappa shape index (κ1) is 19.2. The largest absolute Gasteiger partial charge is 0.370 e. The van der Waals surface area contributed by atoms with Crippen LogP contribution in [0.3, 0.4) is 0 Å². The van der Waals surface area contributed by atoms with Crippen molar-refractivity contribution in [2.45, 2.75) is 57.8 Å². The van der Waals surface area contributed by atoms with Gasteiger partial charge in [-0.25, -0.2) is 0 Å². The Balaban J connectivity index is 0.00000242. The van der Waals surface area contributed by atoms with Crippen molar-refractivity contribution in [1.82, 2.24) is 4.90 Å². The summed E-state index contributed by atoms with van der Waals surface area (Å²) in [6.07, 6.45) is 8.69. The molecule has 4 N–H and O–H groups in total. The number of amides is 2. The van der Waals surface area contributed by atoms with Gasteiger partial charge in [0.25, 0.3) is 0 Å². The van der Waals surface area contributed by atoms with Crippen LogP contribution >= 0.6 is 12.4 Å². The molecule has 1 saturated carbocycles. The average Bonchev–Trinajstić information content (AvgIpc) is 2.48. The summed E-state index contributed by atoms with van der Waals surface area (Å²) in [4.78, 5) is 25.5. The molecule has 2 aliphatic rings. The summed E-state index contributed by atoms with van der Waals surface area (Å²) in [6, 6.07) is 0. The van der Waals surface area contributed by atoms with E-state index < -0.39 is 0 Å². The minimum atomic E-state index is -0.232. The number of carbonyl (C=O) groups is 2. The fourth-order valence-corrected chi connectivity index (χ4v) is 3.86. The van der Waals surface area contributed by atoms with E-state index in [-0.39, 0.29) is 29.6 Å². The van der Waals surface area contributed by atoms with Gasteiger partial charge < -0.3 is 16.4 Å². The van der Waals surface area contributed by atoms with Gasteiger partial charge >= 0.3 is 0 Å². The summed E-state index contributed by atoms with van der Waals surface area (Å²) in [7, 11) is 0. The van der Waals surface area contributed by atoms with Gasteiger partial charge in [0.05, 0.1) is 0 Å². The number of hydrogen-bond donors (Lipinski definition) is 2. The Morgan fingerprint density at radius 1 is 1.09 bits per heavy atom. The second-order valence-corrected chi connectivity index (χ2v) is 6.94. The van der Waals surface area contributed by atoms with E-state index >= 15 is 0 Å². The maximum absolute atomic E-state index is 12.5. The molecule has 0 aromatic rings. The van der Waals surface area contributed by atoms with Crippen LogP contribution in [0.2, 0.25) is 0 Å². The molecule has 1 heterocycles. The molecule has 0 radical (unpaired) electrons. The lowest BCUT2D eigenvalue weighted by atomic mass is 9.71. The predicted octanol–water partition coefficient (Wildman–Crippen LogP) is 1.82. The van der Waals surface area contributed by atoms with E-state index in [9.17, 15) is 9.59 Å². The number of likely N-dealkylation sites (tertiary alicyclic amines) is 1. The smallest absolute Gasteiger partial charge is 0.223 e. The van der Waals surface area contributed by atoms with Crippen molar-refractivity contribution >= 4 is 24.2 Å². The zero-order valence-electron chi connectivity index (χ0n) is 13.4. The van der Waals surface area contributed by atoms with E-state index in [4.69, 9.17) is 11.5 Å². The maximum atomic E-state index is 12.5. The number of carbonyl (C=O) groups excluding carboxylic acids is 2. The first-order valence-corrected chi connectivity index (χ1v) is 8.31. The highest BCUT2D eigenvalue weighted by Gasteiger charge is 2.35. The van der Waals surface area contributed by atoms with Gasteiger partial charge in [0, 0.05) is 25.9 Å². The minimum Gasteiger partial charge on any atom is -0.370 e. The first-order chi connectivity index (χ1) is 10.0. The van der Waals surface area contributed by atoms with Gasteiger partial charge in [-0.1, -0.05) is 19.3 Å². The Hall–Kier alpha value is -0.810. The van der Waals surface area contributed by atoms with Crippen molar-refractivity contribution in [3.8, 4) is 0 Å². The summed E-state index contributed by atoms with van der Waals surface area (Å²) >= 11 is 0. The van der Waals surface area contributed by atoms with Crippen molar-refractivity contribution in [3.05, 3.63) is 0 Å². The molecular formula is C16H30ClN3O2. The van der Waals surface area contributed by atoms with Crippen molar-refractivity contribution in [2.24, 2.45) is 22.8 Å². The Morgan fingerprint density at radius 3 is 2.18 bits per heavy atom. The second kappa shape index (κ2) is 8.73. The lowest BCUT2D eigenvalue weighted by Gasteiger charge is -2.39. The molecular weight excluding hydrogens is 302 g/mol. The van der Waals surface area contributed by atoms with Gasteiger partial charge in [0.1, 0.15) is 0 Å². The van der Waals surface area contributed by atoms with Crippen molar-refractivity contribution < 1.29 is 9.59 Å². The van der Waals surface area contributed by atoms with Gasteiger partial charge in [-0.3, -0.25) is 9.59 Å². The Morgan fingerprint density at radius 2 is 1.68 bits per heavy atom. The number of nitrogens with two attached hydrogens (primary N) is 2. The van der Waals surface area contributed by atoms with Gasteiger partial charge in [0.15, 0.2) is 0 Å². The molecule has 2 fully saturated rings. The van der Waals surface area contributed by atoms with Crippen LogP contribution in [-0.4, -0.2) is 36.3 Å². The lowest BCUT2D eigenvalue weighted by molar-refractivity contribution is -0.135. The molecule has 0 bridgehead atoms.